The quantitative estimate of drug-likeness (QED) is 0.464. The maximum Gasteiger partial charge on any atom is 0.206 e. The van der Waals surface area contributed by atoms with Gasteiger partial charge in [-0.25, -0.2) is 0 Å². The van der Waals surface area contributed by atoms with Gasteiger partial charge in [-0.3, -0.25) is 0 Å². The topological polar surface area (TPSA) is 27.7 Å². The first-order chi connectivity index (χ1) is 11.9. The van der Waals surface area contributed by atoms with E-state index in [1.807, 2.05) is 12.1 Å². The van der Waals surface area contributed by atoms with Crippen molar-refractivity contribution in [2.24, 2.45) is 0 Å². The third-order valence-electron chi connectivity index (χ3n) is 3.16. The van der Waals surface area contributed by atoms with Crippen molar-refractivity contribution in [2.45, 2.75) is 105 Å². The lowest BCUT2D eigenvalue weighted by atomic mass is 10.2. The van der Waals surface area contributed by atoms with Gasteiger partial charge in [0, 0.05) is 15.6 Å². The van der Waals surface area contributed by atoms with Crippen molar-refractivity contribution in [3.05, 3.63) is 24.3 Å². The minimum atomic E-state index is -1.20. The second kappa shape index (κ2) is 8.66. The van der Waals surface area contributed by atoms with Gasteiger partial charge in [0.25, 0.3) is 0 Å². The molecular formula is C22H40O3P2. The SMILES string of the molecule is CC(C)(C)OP(OC(C)(C)C)c1cccc(OP(C(C)(C)C)C(C)(C)C)c1. The smallest absolute Gasteiger partial charge is 0.206 e. The molecule has 0 unspecified atom stereocenters. The summed E-state index contributed by atoms with van der Waals surface area (Å²) in [6, 6.07) is 8.25. The fourth-order valence-electron chi connectivity index (χ4n) is 2.66. The molecule has 0 heterocycles. The van der Waals surface area contributed by atoms with Crippen LogP contribution in [0.5, 0.6) is 5.75 Å². The van der Waals surface area contributed by atoms with E-state index in [2.05, 4.69) is 95.2 Å². The second-order valence-corrected chi connectivity index (χ2v) is 15.7. The number of hydrogen-bond donors (Lipinski definition) is 0. The lowest BCUT2D eigenvalue weighted by molar-refractivity contribution is 0.0776. The Labute approximate surface area is 170 Å². The molecule has 0 saturated heterocycles. The van der Waals surface area contributed by atoms with Gasteiger partial charge in [0.05, 0.1) is 19.4 Å². The van der Waals surface area contributed by atoms with E-state index in [0.717, 1.165) is 11.1 Å². The highest BCUT2D eigenvalue weighted by Crippen LogP contribution is 2.59. The van der Waals surface area contributed by atoms with Crippen molar-refractivity contribution in [3.8, 4) is 5.75 Å². The maximum absolute atomic E-state index is 6.56. The van der Waals surface area contributed by atoms with Gasteiger partial charge in [0.1, 0.15) is 5.75 Å². The van der Waals surface area contributed by atoms with Crippen molar-refractivity contribution in [1.82, 2.24) is 0 Å². The van der Waals surface area contributed by atoms with Crippen LogP contribution in [0.15, 0.2) is 24.3 Å². The van der Waals surface area contributed by atoms with Crippen LogP contribution in [0, 0.1) is 0 Å². The molecule has 3 nitrogen and oxygen atoms in total. The van der Waals surface area contributed by atoms with E-state index in [4.69, 9.17) is 13.6 Å². The second-order valence-electron chi connectivity index (χ2n) is 10.9. The normalized spacial score (nSPS) is 14.1. The average Bonchev–Trinajstić information content (AvgIpc) is 2.39. The fourth-order valence-corrected chi connectivity index (χ4v) is 7.23. The Bertz CT molecular complexity index is 572. The fraction of sp³-hybridized carbons (Fsp3) is 0.727. The molecule has 27 heavy (non-hydrogen) atoms. The van der Waals surface area contributed by atoms with Gasteiger partial charge in [-0.15, -0.1) is 0 Å². The summed E-state index contributed by atoms with van der Waals surface area (Å²) in [6.45, 7) is 25.9. The molecule has 0 aromatic heterocycles. The zero-order chi connectivity index (χ0) is 21.3. The molecule has 0 N–H and O–H groups in total. The largest absolute Gasteiger partial charge is 0.473 e. The first-order valence-corrected chi connectivity index (χ1v) is 12.1. The third kappa shape index (κ3) is 9.23. The van der Waals surface area contributed by atoms with Crippen LogP contribution in [0.4, 0.5) is 0 Å². The summed E-state index contributed by atoms with van der Waals surface area (Å²) in [5.41, 5.74) is -0.561. The van der Waals surface area contributed by atoms with Crippen LogP contribution in [-0.4, -0.2) is 21.5 Å². The molecule has 5 heteroatoms. The van der Waals surface area contributed by atoms with Crippen LogP contribution in [-0.2, 0) is 9.05 Å². The molecule has 0 amide bonds. The summed E-state index contributed by atoms with van der Waals surface area (Å²) >= 11 is 0. The predicted molar refractivity (Wildman–Crippen MR) is 122 cm³/mol. The Balaban J connectivity index is 3.20. The van der Waals surface area contributed by atoms with Gasteiger partial charge in [-0.1, -0.05) is 47.6 Å². The molecule has 0 spiro atoms. The van der Waals surface area contributed by atoms with Gasteiger partial charge in [0.2, 0.25) is 8.38 Å². The van der Waals surface area contributed by atoms with Crippen molar-refractivity contribution in [1.29, 1.82) is 0 Å². The van der Waals surface area contributed by atoms with E-state index < -0.39 is 16.5 Å². The average molecular weight is 415 g/mol. The predicted octanol–water partition coefficient (Wildman–Crippen LogP) is 7.63. The first kappa shape index (κ1) is 24.8. The summed E-state index contributed by atoms with van der Waals surface area (Å²) in [7, 11) is -1.88. The Morgan fingerprint density at radius 2 is 1.11 bits per heavy atom. The lowest BCUT2D eigenvalue weighted by Crippen LogP contribution is -2.28. The van der Waals surface area contributed by atoms with Crippen LogP contribution in [0.1, 0.15) is 83.1 Å². The van der Waals surface area contributed by atoms with Crippen LogP contribution in [0.25, 0.3) is 0 Å². The van der Waals surface area contributed by atoms with Gasteiger partial charge in [-0.2, -0.15) is 0 Å². The molecule has 0 aliphatic carbocycles. The molecule has 0 bridgehead atoms. The molecular weight excluding hydrogens is 374 g/mol. The molecule has 1 aromatic carbocycles. The van der Waals surface area contributed by atoms with Crippen LogP contribution < -0.4 is 9.83 Å². The van der Waals surface area contributed by atoms with E-state index in [-0.39, 0.29) is 21.5 Å². The number of hydrogen-bond acceptors (Lipinski definition) is 3. The van der Waals surface area contributed by atoms with E-state index in [9.17, 15) is 0 Å². The standard InChI is InChI=1S/C22H40O3P2/c1-19(2,3)24-26(25-20(4,5)6)18-15-13-14-17(16-18)23-27(21(7,8)9)22(10,11)12/h13-16H,1-12H3. The molecule has 0 radical (unpaired) electrons. The van der Waals surface area contributed by atoms with Crippen molar-refractivity contribution in [2.75, 3.05) is 0 Å². The molecule has 0 fully saturated rings. The van der Waals surface area contributed by atoms with Gasteiger partial charge < -0.3 is 13.6 Å². The summed E-state index contributed by atoms with van der Waals surface area (Å²) in [5.74, 6) is 0.894. The zero-order valence-corrected chi connectivity index (χ0v) is 21.2. The number of benzene rings is 1. The molecule has 0 saturated carbocycles. The first-order valence-electron chi connectivity index (χ1n) is 9.65. The van der Waals surface area contributed by atoms with Crippen LogP contribution >= 0.6 is 16.5 Å². The minimum absolute atomic E-state index is 0.0954. The molecule has 0 aliphatic heterocycles. The van der Waals surface area contributed by atoms with E-state index >= 15 is 0 Å². The molecule has 156 valence electrons. The molecule has 0 atom stereocenters. The highest BCUT2D eigenvalue weighted by atomic mass is 31.2. The summed E-state index contributed by atoms with van der Waals surface area (Å²) < 4.78 is 19.1. The van der Waals surface area contributed by atoms with Crippen molar-refractivity contribution < 1.29 is 13.6 Å². The van der Waals surface area contributed by atoms with Gasteiger partial charge >= 0.3 is 0 Å². The highest BCUT2D eigenvalue weighted by Gasteiger charge is 2.38. The third-order valence-corrected chi connectivity index (χ3v) is 8.11. The highest BCUT2D eigenvalue weighted by molar-refractivity contribution is 7.56. The Morgan fingerprint density at radius 3 is 1.48 bits per heavy atom. The molecule has 1 rings (SSSR count). The van der Waals surface area contributed by atoms with Crippen molar-refractivity contribution in [3.63, 3.8) is 0 Å². The number of rotatable bonds is 5. The molecule has 1 aromatic rings. The Kier molecular flexibility index (Phi) is 7.97. The van der Waals surface area contributed by atoms with E-state index in [0.29, 0.717) is 0 Å². The summed E-state index contributed by atoms with van der Waals surface area (Å²) in [6.07, 6.45) is 0. The van der Waals surface area contributed by atoms with E-state index in [1.54, 1.807) is 0 Å². The summed E-state index contributed by atoms with van der Waals surface area (Å²) in [5, 5.41) is 1.24. The van der Waals surface area contributed by atoms with Crippen LogP contribution in [0.2, 0.25) is 0 Å². The van der Waals surface area contributed by atoms with E-state index in [1.165, 1.54) is 0 Å². The lowest BCUT2D eigenvalue weighted by Gasteiger charge is -2.40. The Morgan fingerprint density at radius 1 is 0.667 bits per heavy atom. The zero-order valence-electron chi connectivity index (χ0n) is 19.4. The Hall–Kier alpha value is -0.200. The van der Waals surface area contributed by atoms with Crippen molar-refractivity contribution >= 4 is 21.8 Å². The van der Waals surface area contributed by atoms with Crippen LogP contribution in [0.3, 0.4) is 0 Å². The molecule has 0 aliphatic rings. The van der Waals surface area contributed by atoms with Gasteiger partial charge in [-0.05, 0) is 59.7 Å². The summed E-state index contributed by atoms with van der Waals surface area (Å²) in [4.78, 5) is 0. The monoisotopic (exact) mass is 414 g/mol. The van der Waals surface area contributed by atoms with Gasteiger partial charge in [0.15, 0.2) is 0 Å². The maximum atomic E-state index is 6.56. The minimum Gasteiger partial charge on any atom is -0.473 e.